The Balaban J connectivity index is 1.28. The van der Waals surface area contributed by atoms with Crippen molar-refractivity contribution < 1.29 is 22.6 Å². The van der Waals surface area contributed by atoms with Gasteiger partial charge in [0.1, 0.15) is 6.61 Å². The monoisotopic (exact) mass is 425 g/mol. The molecule has 8 heteroatoms. The standard InChI is InChI=1S/C22H30F3N3O2/c1-26-20(28-18-17-8-11-30-19(17)21(18)9-2-3-10-21)27-12-15-4-6-16(7-5-15)13-29-14-22(23,24)25/h4-7,17-19H,2-3,8-14H2,1H3,(H2,26,27,28). The molecule has 1 saturated heterocycles. The fourth-order valence-corrected chi connectivity index (χ4v) is 5.47. The Hall–Kier alpha value is -1.80. The van der Waals surface area contributed by atoms with Gasteiger partial charge in [0.25, 0.3) is 0 Å². The van der Waals surface area contributed by atoms with Gasteiger partial charge in [-0.1, -0.05) is 37.1 Å². The van der Waals surface area contributed by atoms with E-state index in [1.807, 2.05) is 12.1 Å². The van der Waals surface area contributed by atoms with E-state index in [1.165, 1.54) is 25.7 Å². The Labute approximate surface area is 175 Å². The molecule has 2 saturated carbocycles. The highest BCUT2D eigenvalue weighted by Gasteiger charge is 2.65. The van der Waals surface area contributed by atoms with Gasteiger partial charge in [-0.05, 0) is 30.4 Å². The lowest BCUT2D eigenvalue weighted by Gasteiger charge is -2.57. The van der Waals surface area contributed by atoms with Crippen LogP contribution in [-0.4, -0.2) is 44.5 Å². The summed E-state index contributed by atoms with van der Waals surface area (Å²) in [7, 11) is 1.78. The number of halogens is 3. The number of hydrogen-bond acceptors (Lipinski definition) is 3. The van der Waals surface area contributed by atoms with E-state index in [0.29, 0.717) is 24.6 Å². The van der Waals surface area contributed by atoms with Crippen molar-refractivity contribution in [2.24, 2.45) is 16.3 Å². The van der Waals surface area contributed by atoms with Crippen LogP contribution in [0, 0.1) is 11.3 Å². The molecule has 0 aromatic heterocycles. The molecule has 1 aromatic carbocycles. The molecule has 1 spiro atoms. The lowest BCUT2D eigenvalue weighted by Crippen LogP contribution is -2.69. The van der Waals surface area contributed by atoms with Gasteiger partial charge in [-0.2, -0.15) is 13.2 Å². The van der Waals surface area contributed by atoms with Crippen molar-refractivity contribution in [1.29, 1.82) is 0 Å². The second kappa shape index (κ2) is 8.75. The smallest absolute Gasteiger partial charge is 0.377 e. The predicted molar refractivity (Wildman–Crippen MR) is 108 cm³/mol. The quantitative estimate of drug-likeness (QED) is 0.538. The number of hydrogen-bond donors (Lipinski definition) is 2. The number of guanidine groups is 1. The molecule has 2 N–H and O–H groups in total. The Morgan fingerprint density at radius 2 is 1.90 bits per heavy atom. The summed E-state index contributed by atoms with van der Waals surface area (Å²) in [5.41, 5.74) is 2.01. The largest absolute Gasteiger partial charge is 0.411 e. The van der Waals surface area contributed by atoms with Gasteiger partial charge in [-0.3, -0.25) is 4.99 Å². The number of aliphatic imine (C=N–C) groups is 1. The fraction of sp³-hybridized carbons (Fsp3) is 0.682. The molecule has 3 atom stereocenters. The molecular formula is C22H30F3N3O2. The molecule has 1 aromatic rings. The zero-order valence-electron chi connectivity index (χ0n) is 17.3. The summed E-state index contributed by atoms with van der Waals surface area (Å²) >= 11 is 0. The molecule has 3 aliphatic rings. The third-order valence-corrected chi connectivity index (χ3v) is 6.82. The Morgan fingerprint density at radius 1 is 1.20 bits per heavy atom. The maximum Gasteiger partial charge on any atom is 0.411 e. The minimum Gasteiger partial charge on any atom is -0.377 e. The number of rotatable bonds is 6. The first kappa shape index (κ1) is 21.4. The van der Waals surface area contributed by atoms with Crippen LogP contribution in [0.1, 0.15) is 43.2 Å². The van der Waals surface area contributed by atoms with Gasteiger partial charge in [0.05, 0.1) is 12.7 Å². The zero-order chi connectivity index (χ0) is 21.2. The van der Waals surface area contributed by atoms with Crippen LogP contribution < -0.4 is 10.6 Å². The molecule has 5 nitrogen and oxygen atoms in total. The van der Waals surface area contributed by atoms with Crippen LogP contribution >= 0.6 is 0 Å². The fourth-order valence-electron chi connectivity index (χ4n) is 5.47. The minimum absolute atomic E-state index is 0.0508. The molecule has 2 aliphatic carbocycles. The highest BCUT2D eigenvalue weighted by Crippen LogP contribution is 2.60. The Morgan fingerprint density at radius 3 is 2.57 bits per heavy atom. The molecule has 166 valence electrons. The third-order valence-electron chi connectivity index (χ3n) is 6.82. The predicted octanol–water partition coefficient (Wildman–Crippen LogP) is 3.78. The number of benzene rings is 1. The molecule has 0 amide bonds. The van der Waals surface area contributed by atoms with E-state index in [-0.39, 0.29) is 12.0 Å². The lowest BCUT2D eigenvalue weighted by atomic mass is 9.54. The van der Waals surface area contributed by atoms with Gasteiger partial charge in [0.2, 0.25) is 0 Å². The van der Waals surface area contributed by atoms with Gasteiger partial charge in [-0.25, -0.2) is 0 Å². The van der Waals surface area contributed by atoms with Crippen LogP contribution in [-0.2, 0) is 22.6 Å². The molecule has 0 radical (unpaired) electrons. The summed E-state index contributed by atoms with van der Waals surface area (Å²) in [5, 5.41) is 7.04. The summed E-state index contributed by atoms with van der Waals surface area (Å²) in [5.74, 6) is 1.35. The SMILES string of the molecule is CN=C(NCc1ccc(COCC(F)(F)F)cc1)NC1C2CCOC2C12CCCC2. The molecule has 4 rings (SSSR count). The second-order valence-corrected chi connectivity index (χ2v) is 8.66. The molecule has 30 heavy (non-hydrogen) atoms. The maximum atomic E-state index is 12.2. The van der Waals surface area contributed by atoms with Crippen LogP contribution in [0.25, 0.3) is 0 Å². The third kappa shape index (κ3) is 4.44. The van der Waals surface area contributed by atoms with E-state index in [2.05, 4.69) is 15.6 Å². The highest BCUT2D eigenvalue weighted by molar-refractivity contribution is 5.80. The van der Waals surface area contributed by atoms with E-state index < -0.39 is 12.8 Å². The molecular weight excluding hydrogens is 395 g/mol. The van der Waals surface area contributed by atoms with Crippen molar-refractivity contribution in [2.75, 3.05) is 20.3 Å². The average Bonchev–Trinajstić information content (AvgIpc) is 3.37. The number of alkyl halides is 3. The van der Waals surface area contributed by atoms with Crippen LogP contribution in [0.4, 0.5) is 13.2 Å². The first-order chi connectivity index (χ1) is 14.4. The van der Waals surface area contributed by atoms with Gasteiger partial charge in [-0.15, -0.1) is 0 Å². The summed E-state index contributed by atoms with van der Waals surface area (Å²) in [6.07, 6.45) is 2.21. The van der Waals surface area contributed by atoms with Crippen molar-refractivity contribution in [1.82, 2.24) is 10.6 Å². The van der Waals surface area contributed by atoms with Crippen LogP contribution in [0.2, 0.25) is 0 Å². The Kier molecular flexibility index (Phi) is 6.25. The molecule has 3 fully saturated rings. The number of fused-ring (bicyclic) bond motifs is 2. The highest BCUT2D eigenvalue weighted by atomic mass is 19.4. The molecule has 1 aliphatic heterocycles. The number of ether oxygens (including phenoxy) is 2. The molecule has 0 bridgehead atoms. The van der Waals surface area contributed by atoms with Gasteiger partial charge in [0.15, 0.2) is 5.96 Å². The topological polar surface area (TPSA) is 54.9 Å². The molecule has 3 unspecified atom stereocenters. The average molecular weight is 425 g/mol. The summed E-state index contributed by atoms with van der Waals surface area (Å²) in [6, 6.07) is 7.80. The first-order valence-electron chi connectivity index (χ1n) is 10.7. The van der Waals surface area contributed by atoms with Gasteiger partial charge < -0.3 is 20.1 Å². The van der Waals surface area contributed by atoms with E-state index >= 15 is 0 Å². The maximum absolute atomic E-state index is 12.2. The van der Waals surface area contributed by atoms with Crippen molar-refractivity contribution in [3.05, 3.63) is 35.4 Å². The molecule has 1 heterocycles. The van der Waals surface area contributed by atoms with Crippen molar-refractivity contribution in [3.63, 3.8) is 0 Å². The van der Waals surface area contributed by atoms with Crippen molar-refractivity contribution in [3.8, 4) is 0 Å². The summed E-state index contributed by atoms with van der Waals surface area (Å²) in [6.45, 7) is 0.173. The van der Waals surface area contributed by atoms with E-state index in [9.17, 15) is 13.2 Å². The Bertz CT molecular complexity index is 745. The van der Waals surface area contributed by atoms with Crippen molar-refractivity contribution in [2.45, 2.75) is 63.6 Å². The minimum atomic E-state index is -4.30. The summed E-state index contributed by atoms with van der Waals surface area (Å²) < 4.78 is 47.2. The normalized spacial score (nSPS) is 27.7. The van der Waals surface area contributed by atoms with E-state index in [4.69, 9.17) is 9.47 Å². The van der Waals surface area contributed by atoms with Crippen LogP contribution in [0.3, 0.4) is 0 Å². The van der Waals surface area contributed by atoms with E-state index in [0.717, 1.165) is 30.1 Å². The number of nitrogens with zero attached hydrogens (tertiary/aromatic N) is 1. The van der Waals surface area contributed by atoms with Crippen LogP contribution in [0.15, 0.2) is 29.3 Å². The van der Waals surface area contributed by atoms with Gasteiger partial charge >= 0.3 is 6.18 Å². The van der Waals surface area contributed by atoms with Crippen LogP contribution in [0.5, 0.6) is 0 Å². The summed E-state index contributed by atoms with van der Waals surface area (Å²) in [4.78, 5) is 4.40. The van der Waals surface area contributed by atoms with Gasteiger partial charge in [0, 0.05) is 37.6 Å². The van der Waals surface area contributed by atoms with E-state index in [1.54, 1.807) is 19.2 Å². The lowest BCUT2D eigenvalue weighted by molar-refractivity contribution is -0.176. The zero-order valence-corrected chi connectivity index (χ0v) is 17.3. The second-order valence-electron chi connectivity index (χ2n) is 8.66. The first-order valence-corrected chi connectivity index (χ1v) is 10.7. The van der Waals surface area contributed by atoms with Crippen molar-refractivity contribution >= 4 is 5.96 Å². The number of nitrogens with one attached hydrogen (secondary N) is 2.